The molecule has 1 fully saturated rings. The van der Waals surface area contributed by atoms with E-state index in [1.54, 1.807) is 15.9 Å². The molecule has 2 aromatic carbocycles. The highest BCUT2D eigenvalue weighted by Crippen LogP contribution is 2.38. The van der Waals surface area contributed by atoms with Gasteiger partial charge < -0.3 is 9.80 Å². The van der Waals surface area contributed by atoms with E-state index in [1.807, 2.05) is 30.3 Å². The number of benzene rings is 2. The molecule has 0 aromatic heterocycles. The third kappa shape index (κ3) is 2.87. The Kier molecular flexibility index (Phi) is 4.23. The average Bonchev–Trinajstić information content (AvgIpc) is 3.15. The molecule has 0 saturated carbocycles. The van der Waals surface area contributed by atoms with Gasteiger partial charge in [0.1, 0.15) is 12.4 Å². The van der Waals surface area contributed by atoms with E-state index in [-0.39, 0.29) is 36.1 Å². The number of amides is 2. The third-order valence-electron chi connectivity index (χ3n) is 5.43. The van der Waals surface area contributed by atoms with Gasteiger partial charge in [0.2, 0.25) is 11.8 Å². The Morgan fingerprint density at radius 2 is 2.00 bits per heavy atom. The molecule has 0 spiro atoms. The Hall–Kier alpha value is -2.69. The molecule has 2 atom stereocenters. The van der Waals surface area contributed by atoms with Crippen LogP contribution in [0.4, 0.5) is 10.1 Å². The highest BCUT2D eigenvalue weighted by molar-refractivity contribution is 6.05. The van der Waals surface area contributed by atoms with Crippen LogP contribution in [0.25, 0.3) is 0 Å². The zero-order valence-electron chi connectivity index (χ0n) is 14.7. The minimum atomic E-state index is -0.294. The van der Waals surface area contributed by atoms with Crippen molar-refractivity contribution in [2.45, 2.75) is 25.8 Å². The van der Waals surface area contributed by atoms with Crippen molar-refractivity contribution in [3.05, 3.63) is 65.5 Å². The minimum Gasteiger partial charge on any atom is -0.334 e. The van der Waals surface area contributed by atoms with E-state index in [4.69, 9.17) is 0 Å². The molecule has 1 saturated heterocycles. The number of rotatable bonds is 3. The van der Waals surface area contributed by atoms with Crippen molar-refractivity contribution in [1.29, 1.82) is 0 Å². The molecule has 134 valence electrons. The molecule has 2 aliphatic heterocycles. The van der Waals surface area contributed by atoms with Gasteiger partial charge in [0.15, 0.2) is 0 Å². The Labute approximate surface area is 152 Å². The molecule has 0 aliphatic carbocycles. The summed E-state index contributed by atoms with van der Waals surface area (Å²) >= 11 is 0. The summed E-state index contributed by atoms with van der Waals surface area (Å²) in [4.78, 5) is 28.7. The summed E-state index contributed by atoms with van der Waals surface area (Å²) in [5, 5.41) is 0. The Balaban J connectivity index is 1.57. The first kappa shape index (κ1) is 16.8. The molecule has 0 N–H and O–H groups in total. The third-order valence-corrected chi connectivity index (χ3v) is 5.43. The van der Waals surface area contributed by atoms with Crippen LogP contribution in [0, 0.1) is 11.7 Å². The second-order valence-corrected chi connectivity index (χ2v) is 7.14. The lowest BCUT2D eigenvalue weighted by Crippen LogP contribution is -2.41. The fourth-order valence-corrected chi connectivity index (χ4v) is 4.14. The summed E-state index contributed by atoms with van der Waals surface area (Å²) in [5.74, 6) is -0.178. The monoisotopic (exact) mass is 352 g/mol. The number of anilines is 1. The number of fused-ring (bicyclic) bond motifs is 1. The fourth-order valence-electron chi connectivity index (χ4n) is 4.14. The maximum absolute atomic E-state index is 13.7. The standard InChI is InChI=1S/C21H21FN2O2/c1-14-9-10-23(21(14)16-6-4-7-17(22)11-16)20(26)13-24-18-8-3-2-5-15(18)12-19(24)25/h2-8,11,14,21H,9-10,12-13H2,1H3. The minimum absolute atomic E-state index is 0.0361. The van der Waals surface area contributed by atoms with Crippen LogP contribution in [0.15, 0.2) is 48.5 Å². The molecule has 2 unspecified atom stereocenters. The van der Waals surface area contributed by atoms with Crippen molar-refractivity contribution in [3.63, 3.8) is 0 Å². The quantitative estimate of drug-likeness (QED) is 0.850. The molecular weight excluding hydrogens is 331 g/mol. The van der Waals surface area contributed by atoms with E-state index >= 15 is 0 Å². The van der Waals surface area contributed by atoms with Crippen LogP contribution < -0.4 is 4.90 Å². The highest BCUT2D eigenvalue weighted by atomic mass is 19.1. The molecule has 0 bridgehead atoms. The van der Waals surface area contributed by atoms with Gasteiger partial charge in [0.25, 0.3) is 0 Å². The summed E-state index contributed by atoms with van der Waals surface area (Å²) in [6, 6.07) is 13.9. The first-order valence-corrected chi connectivity index (χ1v) is 8.98. The van der Waals surface area contributed by atoms with Gasteiger partial charge in [0, 0.05) is 12.2 Å². The molecule has 4 rings (SSSR count). The number of carbonyl (C=O) groups excluding carboxylic acids is 2. The van der Waals surface area contributed by atoms with Crippen LogP contribution in [0.5, 0.6) is 0 Å². The van der Waals surface area contributed by atoms with Gasteiger partial charge in [-0.25, -0.2) is 4.39 Å². The van der Waals surface area contributed by atoms with Crippen LogP contribution in [0.1, 0.15) is 30.5 Å². The van der Waals surface area contributed by atoms with E-state index < -0.39 is 0 Å². The molecule has 26 heavy (non-hydrogen) atoms. The lowest BCUT2D eigenvalue weighted by molar-refractivity contribution is -0.132. The van der Waals surface area contributed by atoms with E-state index in [9.17, 15) is 14.0 Å². The first-order chi connectivity index (χ1) is 12.5. The number of hydrogen-bond acceptors (Lipinski definition) is 2. The van der Waals surface area contributed by atoms with Gasteiger partial charge in [-0.05, 0) is 41.7 Å². The van der Waals surface area contributed by atoms with Crippen molar-refractivity contribution < 1.29 is 14.0 Å². The summed E-state index contributed by atoms with van der Waals surface area (Å²) in [6.45, 7) is 2.75. The zero-order valence-corrected chi connectivity index (χ0v) is 14.7. The van der Waals surface area contributed by atoms with Crippen LogP contribution >= 0.6 is 0 Å². The molecule has 5 heteroatoms. The fraction of sp³-hybridized carbons (Fsp3) is 0.333. The number of carbonyl (C=O) groups is 2. The van der Waals surface area contributed by atoms with E-state index in [0.717, 1.165) is 23.2 Å². The van der Waals surface area contributed by atoms with Gasteiger partial charge >= 0.3 is 0 Å². The molecule has 4 nitrogen and oxygen atoms in total. The summed E-state index contributed by atoms with van der Waals surface area (Å²) < 4.78 is 13.7. The van der Waals surface area contributed by atoms with Crippen LogP contribution in [-0.2, 0) is 16.0 Å². The summed E-state index contributed by atoms with van der Waals surface area (Å²) in [6.07, 6.45) is 1.21. The molecule has 2 aromatic rings. The predicted molar refractivity (Wildman–Crippen MR) is 97.1 cm³/mol. The van der Waals surface area contributed by atoms with Crippen molar-refractivity contribution in [2.75, 3.05) is 18.0 Å². The number of hydrogen-bond donors (Lipinski definition) is 0. The maximum Gasteiger partial charge on any atom is 0.243 e. The summed E-state index contributed by atoms with van der Waals surface area (Å²) in [5.41, 5.74) is 2.60. The summed E-state index contributed by atoms with van der Waals surface area (Å²) in [7, 11) is 0. The predicted octanol–water partition coefficient (Wildman–Crippen LogP) is 3.32. The van der Waals surface area contributed by atoms with Crippen molar-refractivity contribution in [2.24, 2.45) is 5.92 Å². The first-order valence-electron chi connectivity index (χ1n) is 8.98. The molecule has 0 radical (unpaired) electrons. The largest absolute Gasteiger partial charge is 0.334 e. The van der Waals surface area contributed by atoms with Crippen LogP contribution in [-0.4, -0.2) is 29.8 Å². The number of likely N-dealkylation sites (tertiary alicyclic amines) is 1. The van der Waals surface area contributed by atoms with Crippen LogP contribution in [0.2, 0.25) is 0 Å². The number of nitrogens with zero attached hydrogens (tertiary/aromatic N) is 2. The topological polar surface area (TPSA) is 40.6 Å². The van der Waals surface area contributed by atoms with Gasteiger partial charge in [-0.15, -0.1) is 0 Å². The molecular formula is C21H21FN2O2. The van der Waals surface area contributed by atoms with Gasteiger partial charge in [-0.2, -0.15) is 0 Å². The smallest absolute Gasteiger partial charge is 0.243 e. The average molecular weight is 352 g/mol. The Morgan fingerprint density at radius 3 is 2.81 bits per heavy atom. The van der Waals surface area contributed by atoms with Crippen molar-refractivity contribution in [1.82, 2.24) is 4.90 Å². The molecule has 2 heterocycles. The lowest BCUT2D eigenvalue weighted by Gasteiger charge is -2.29. The Morgan fingerprint density at radius 1 is 1.19 bits per heavy atom. The molecule has 2 aliphatic rings. The second kappa shape index (κ2) is 6.56. The number of halogens is 1. The van der Waals surface area contributed by atoms with E-state index in [0.29, 0.717) is 13.0 Å². The number of para-hydroxylation sites is 1. The van der Waals surface area contributed by atoms with Crippen molar-refractivity contribution in [3.8, 4) is 0 Å². The van der Waals surface area contributed by atoms with Crippen LogP contribution in [0.3, 0.4) is 0 Å². The maximum atomic E-state index is 13.7. The Bertz CT molecular complexity index is 867. The van der Waals surface area contributed by atoms with Gasteiger partial charge in [0.05, 0.1) is 12.5 Å². The normalized spacial score (nSPS) is 22.0. The zero-order chi connectivity index (χ0) is 18.3. The van der Waals surface area contributed by atoms with Gasteiger partial charge in [-0.3, -0.25) is 9.59 Å². The van der Waals surface area contributed by atoms with E-state index in [2.05, 4.69) is 6.92 Å². The second-order valence-electron chi connectivity index (χ2n) is 7.14. The molecule has 2 amide bonds. The van der Waals surface area contributed by atoms with E-state index in [1.165, 1.54) is 12.1 Å². The SMILES string of the molecule is CC1CCN(C(=O)CN2C(=O)Cc3ccccc32)C1c1cccc(F)c1. The highest BCUT2D eigenvalue weighted by Gasteiger charge is 2.37. The van der Waals surface area contributed by atoms with Gasteiger partial charge in [-0.1, -0.05) is 37.3 Å². The lowest BCUT2D eigenvalue weighted by atomic mass is 9.95. The van der Waals surface area contributed by atoms with Crippen molar-refractivity contribution >= 4 is 17.5 Å².